The van der Waals surface area contributed by atoms with E-state index in [4.69, 9.17) is 0 Å². The van der Waals surface area contributed by atoms with Crippen molar-refractivity contribution in [3.05, 3.63) is 45.9 Å². The molecular formula is C19H30IN5S. The van der Waals surface area contributed by atoms with Crippen LogP contribution in [0.5, 0.6) is 0 Å². The van der Waals surface area contributed by atoms with Crippen molar-refractivity contribution in [1.82, 2.24) is 15.6 Å². The van der Waals surface area contributed by atoms with Crippen LogP contribution in [0, 0.1) is 13.8 Å². The first kappa shape index (κ1) is 22.7. The fourth-order valence-electron chi connectivity index (χ4n) is 2.43. The smallest absolute Gasteiger partial charge is 0.191 e. The molecule has 0 bridgehead atoms. The zero-order valence-corrected chi connectivity index (χ0v) is 19.2. The molecule has 0 radical (unpaired) electrons. The first-order valence-corrected chi connectivity index (χ1v) is 9.63. The molecule has 2 rings (SSSR count). The van der Waals surface area contributed by atoms with E-state index in [2.05, 4.69) is 70.7 Å². The van der Waals surface area contributed by atoms with Gasteiger partial charge in [0.2, 0.25) is 0 Å². The van der Waals surface area contributed by atoms with Crippen molar-refractivity contribution < 1.29 is 0 Å². The molecule has 0 spiro atoms. The van der Waals surface area contributed by atoms with Crippen molar-refractivity contribution in [2.75, 3.05) is 31.6 Å². The number of aromatic nitrogens is 1. The Kier molecular flexibility index (Phi) is 10.6. The van der Waals surface area contributed by atoms with Crippen LogP contribution >= 0.6 is 35.3 Å². The number of para-hydroxylation sites is 1. The summed E-state index contributed by atoms with van der Waals surface area (Å²) < 4.78 is 0. The number of hydrogen-bond acceptors (Lipinski definition) is 4. The molecular weight excluding hydrogens is 457 g/mol. The Morgan fingerprint density at radius 2 is 1.92 bits per heavy atom. The van der Waals surface area contributed by atoms with Crippen LogP contribution in [0.1, 0.15) is 28.9 Å². The van der Waals surface area contributed by atoms with Crippen LogP contribution in [-0.2, 0) is 6.54 Å². The highest BCUT2D eigenvalue weighted by molar-refractivity contribution is 14.0. The topological polar surface area (TPSA) is 52.6 Å². The molecule has 0 aliphatic heterocycles. The third-order valence-electron chi connectivity index (χ3n) is 3.95. The normalized spacial score (nSPS) is 11.0. The number of hydrogen-bond donors (Lipinski definition) is 2. The Hall–Kier alpha value is -1.35. The van der Waals surface area contributed by atoms with Gasteiger partial charge < -0.3 is 15.5 Å². The van der Waals surface area contributed by atoms with Gasteiger partial charge in [-0.05, 0) is 39.3 Å². The molecule has 2 aromatic rings. The van der Waals surface area contributed by atoms with E-state index >= 15 is 0 Å². The van der Waals surface area contributed by atoms with Gasteiger partial charge in [0.25, 0.3) is 0 Å². The van der Waals surface area contributed by atoms with Crippen LogP contribution in [0.4, 0.5) is 5.69 Å². The van der Waals surface area contributed by atoms with E-state index in [1.807, 2.05) is 13.0 Å². The molecule has 0 saturated heterocycles. The van der Waals surface area contributed by atoms with Crippen LogP contribution in [-0.4, -0.2) is 37.6 Å². The van der Waals surface area contributed by atoms with Gasteiger partial charge in [0.1, 0.15) is 5.01 Å². The SMILES string of the molecule is CCNC(=NCc1nc(C)c(C)s1)NCCCN(C)c1ccccc1.I. The van der Waals surface area contributed by atoms with Crippen LogP contribution in [0.15, 0.2) is 35.3 Å². The number of nitrogens with one attached hydrogen (secondary N) is 2. The lowest BCUT2D eigenvalue weighted by atomic mass is 10.3. The van der Waals surface area contributed by atoms with Gasteiger partial charge in [-0.25, -0.2) is 9.98 Å². The molecule has 1 aromatic heterocycles. The minimum atomic E-state index is 0. The quantitative estimate of drug-likeness (QED) is 0.256. The van der Waals surface area contributed by atoms with E-state index in [0.717, 1.165) is 42.7 Å². The molecule has 7 heteroatoms. The zero-order chi connectivity index (χ0) is 18.1. The number of aliphatic imine (C=N–C) groups is 1. The number of anilines is 1. The van der Waals surface area contributed by atoms with Crippen molar-refractivity contribution in [3.63, 3.8) is 0 Å². The highest BCUT2D eigenvalue weighted by Gasteiger charge is 2.04. The van der Waals surface area contributed by atoms with Crippen molar-refractivity contribution in [3.8, 4) is 0 Å². The van der Waals surface area contributed by atoms with Crippen molar-refractivity contribution in [1.29, 1.82) is 0 Å². The van der Waals surface area contributed by atoms with E-state index in [1.54, 1.807) is 11.3 Å². The first-order chi connectivity index (χ1) is 12.1. The first-order valence-electron chi connectivity index (χ1n) is 8.81. The van der Waals surface area contributed by atoms with E-state index in [1.165, 1.54) is 10.6 Å². The number of thiazole rings is 1. The Balaban J connectivity index is 0.00000338. The lowest BCUT2D eigenvalue weighted by molar-refractivity contribution is 0.730. The second-order valence-electron chi connectivity index (χ2n) is 5.98. The molecule has 0 fully saturated rings. The summed E-state index contributed by atoms with van der Waals surface area (Å²) in [4.78, 5) is 12.7. The second-order valence-corrected chi connectivity index (χ2v) is 7.27. The van der Waals surface area contributed by atoms with Gasteiger partial charge in [0.05, 0.1) is 12.2 Å². The number of guanidine groups is 1. The molecule has 144 valence electrons. The van der Waals surface area contributed by atoms with Crippen molar-refractivity contribution in [2.45, 2.75) is 33.7 Å². The minimum absolute atomic E-state index is 0. The van der Waals surface area contributed by atoms with Crippen molar-refractivity contribution >= 4 is 47.0 Å². The van der Waals surface area contributed by atoms with E-state index in [9.17, 15) is 0 Å². The predicted octanol–water partition coefficient (Wildman–Crippen LogP) is 3.96. The van der Waals surface area contributed by atoms with E-state index in [-0.39, 0.29) is 24.0 Å². The van der Waals surface area contributed by atoms with Crippen LogP contribution < -0.4 is 15.5 Å². The molecule has 0 amide bonds. The lowest BCUT2D eigenvalue weighted by Crippen LogP contribution is -2.38. The van der Waals surface area contributed by atoms with Crippen LogP contribution in [0.2, 0.25) is 0 Å². The molecule has 2 N–H and O–H groups in total. The van der Waals surface area contributed by atoms with Gasteiger partial charge in [0.15, 0.2) is 5.96 Å². The zero-order valence-electron chi connectivity index (χ0n) is 16.1. The maximum Gasteiger partial charge on any atom is 0.191 e. The van der Waals surface area contributed by atoms with E-state index < -0.39 is 0 Å². The average Bonchev–Trinajstić information content (AvgIpc) is 2.95. The number of rotatable bonds is 8. The third kappa shape index (κ3) is 7.49. The summed E-state index contributed by atoms with van der Waals surface area (Å²) in [5.74, 6) is 0.857. The monoisotopic (exact) mass is 487 g/mol. The van der Waals surface area contributed by atoms with Gasteiger partial charge in [-0.2, -0.15) is 0 Å². The maximum absolute atomic E-state index is 4.64. The summed E-state index contributed by atoms with van der Waals surface area (Å²) >= 11 is 1.72. The molecule has 0 atom stereocenters. The number of aryl methyl sites for hydroxylation is 2. The number of nitrogens with zero attached hydrogens (tertiary/aromatic N) is 3. The molecule has 0 unspecified atom stereocenters. The molecule has 1 heterocycles. The highest BCUT2D eigenvalue weighted by Crippen LogP contribution is 2.16. The molecule has 0 saturated carbocycles. The van der Waals surface area contributed by atoms with Gasteiger partial charge >= 0.3 is 0 Å². The number of halogens is 1. The highest BCUT2D eigenvalue weighted by atomic mass is 127. The summed E-state index contributed by atoms with van der Waals surface area (Å²) in [5.41, 5.74) is 2.36. The van der Waals surface area contributed by atoms with Crippen LogP contribution in [0.3, 0.4) is 0 Å². The Labute approximate surface area is 178 Å². The summed E-state index contributed by atoms with van der Waals surface area (Å²) in [6.07, 6.45) is 1.05. The third-order valence-corrected chi connectivity index (χ3v) is 5.01. The van der Waals surface area contributed by atoms with Gasteiger partial charge in [-0.1, -0.05) is 18.2 Å². The van der Waals surface area contributed by atoms with Gasteiger partial charge in [0, 0.05) is 37.2 Å². The Bertz CT molecular complexity index is 652. The molecule has 1 aromatic carbocycles. The Morgan fingerprint density at radius 1 is 1.19 bits per heavy atom. The number of benzene rings is 1. The second kappa shape index (κ2) is 12.1. The van der Waals surface area contributed by atoms with Crippen molar-refractivity contribution in [2.24, 2.45) is 4.99 Å². The lowest BCUT2D eigenvalue weighted by Gasteiger charge is -2.19. The van der Waals surface area contributed by atoms with E-state index in [0.29, 0.717) is 6.54 Å². The summed E-state index contributed by atoms with van der Waals surface area (Å²) in [6, 6.07) is 10.5. The summed E-state index contributed by atoms with van der Waals surface area (Å²) in [7, 11) is 2.13. The fourth-order valence-corrected chi connectivity index (χ4v) is 3.29. The molecule has 5 nitrogen and oxygen atoms in total. The summed E-state index contributed by atoms with van der Waals surface area (Å²) in [6.45, 7) is 9.60. The Morgan fingerprint density at radius 3 is 2.54 bits per heavy atom. The minimum Gasteiger partial charge on any atom is -0.375 e. The van der Waals surface area contributed by atoms with Gasteiger partial charge in [-0.15, -0.1) is 35.3 Å². The van der Waals surface area contributed by atoms with Gasteiger partial charge in [-0.3, -0.25) is 0 Å². The standard InChI is InChI=1S/C19H29N5S.HI/c1-5-20-19(22-14-18-23-15(2)16(3)25-18)21-12-9-13-24(4)17-10-7-6-8-11-17;/h6-8,10-11H,5,9,12-14H2,1-4H3,(H2,20,21,22);1H. The average molecular weight is 487 g/mol. The maximum atomic E-state index is 4.64. The molecule has 0 aliphatic carbocycles. The summed E-state index contributed by atoms with van der Waals surface area (Å²) in [5, 5.41) is 7.77. The predicted molar refractivity (Wildman–Crippen MR) is 124 cm³/mol. The fraction of sp³-hybridized carbons (Fsp3) is 0.474. The largest absolute Gasteiger partial charge is 0.375 e. The molecule has 0 aliphatic rings. The molecule has 26 heavy (non-hydrogen) atoms. The van der Waals surface area contributed by atoms with Crippen LogP contribution in [0.25, 0.3) is 0 Å².